The first-order chi connectivity index (χ1) is 8.74. The number of hydrogen-bond donors (Lipinski definition) is 0. The molecule has 1 aromatic carbocycles. The van der Waals surface area contributed by atoms with Crippen molar-refractivity contribution in [3.8, 4) is 0 Å². The first kappa shape index (κ1) is 12.8. The maximum atomic E-state index is 11.6. The van der Waals surface area contributed by atoms with E-state index in [4.69, 9.17) is 4.74 Å². The van der Waals surface area contributed by atoms with Crippen LogP contribution in [0.5, 0.6) is 0 Å². The number of rotatable bonds is 4. The number of carbonyl (C=O) groups is 2. The zero-order valence-corrected chi connectivity index (χ0v) is 10.3. The Kier molecular flexibility index (Phi) is 4.47. The second-order valence-corrected chi connectivity index (χ2v) is 4.46. The minimum absolute atomic E-state index is 0.229. The summed E-state index contributed by atoms with van der Waals surface area (Å²) in [5.41, 5.74) is 0.986. The van der Waals surface area contributed by atoms with E-state index in [0.717, 1.165) is 5.56 Å². The van der Waals surface area contributed by atoms with Crippen molar-refractivity contribution in [2.75, 3.05) is 19.6 Å². The molecule has 18 heavy (non-hydrogen) atoms. The summed E-state index contributed by atoms with van der Waals surface area (Å²) >= 11 is 0. The van der Waals surface area contributed by atoms with E-state index in [1.807, 2.05) is 35.2 Å². The Morgan fingerprint density at radius 3 is 2.50 bits per heavy atom. The quantitative estimate of drug-likeness (QED) is 0.754. The third-order valence-electron chi connectivity index (χ3n) is 3.01. The van der Waals surface area contributed by atoms with Gasteiger partial charge in [-0.1, -0.05) is 30.3 Å². The van der Waals surface area contributed by atoms with Gasteiger partial charge in [0, 0.05) is 25.9 Å². The number of ketones is 1. The fraction of sp³-hybridized carbons (Fsp3) is 0.429. The Morgan fingerprint density at radius 2 is 1.83 bits per heavy atom. The van der Waals surface area contributed by atoms with Crippen LogP contribution in [0.25, 0.3) is 0 Å². The van der Waals surface area contributed by atoms with Crippen molar-refractivity contribution < 1.29 is 14.3 Å². The van der Waals surface area contributed by atoms with Crippen LogP contribution in [-0.2, 0) is 20.9 Å². The Labute approximate surface area is 107 Å². The highest BCUT2D eigenvalue weighted by molar-refractivity contribution is 5.80. The van der Waals surface area contributed by atoms with Gasteiger partial charge in [0.1, 0.15) is 12.4 Å². The van der Waals surface area contributed by atoms with Gasteiger partial charge in [-0.2, -0.15) is 0 Å². The van der Waals surface area contributed by atoms with Gasteiger partial charge in [0.25, 0.3) is 0 Å². The van der Waals surface area contributed by atoms with E-state index in [1.165, 1.54) is 0 Å². The molecule has 1 aliphatic rings. The normalized spacial score (nSPS) is 16.6. The summed E-state index contributed by atoms with van der Waals surface area (Å²) in [5.74, 6) is 0.0529. The lowest BCUT2D eigenvalue weighted by molar-refractivity contribution is -0.147. The van der Waals surface area contributed by atoms with Crippen molar-refractivity contribution in [2.45, 2.75) is 19.4 Å². The molecule has 1 heterocycles. The third-order valence-corrected chi connectivity index (χ3v) is 3.01. The molecule has 96 valence electrons. The van der Waals surface area contributed by atoms with E-state index in [2.05, 4.69) is 0 Å². The lowest BCUT2D eigenvalue weighted by atomic mass is 10.1. The largest absolute Gasteiger partial charge is 0.460 e. The number of Topliss-reactive ketones (excluding diaryl/α,β-unsaturated/α-hetero) is 1. The number of benzene rings is 1. The molecule has 4 heteroatoms. The van der Waals surface area contributed by atoms with Crippen LogP contribution in [0.15, 0.2) is 30.3 Å². The maximum Gasteiger partial charge on any atom is 0.320 e. The molecule has 1 saturated heterocycles. The second-order valence-electron chi connectivity index (χ2n) is 4.46. The van der Waals surface area contributed by atoms with Gasteiger partial charge in [0.15, 0.2) is 0 Å². The number of likely N-dealkylation sites (tertiary alicyclic amines) is 1. The van der Waals surface area contributed by atoms with E-state index in [1.54, 1.807) is 0 Å². The average Bonchev–Trinajstić information content (AvgIpc) is 2.40. The summed E-state index contributed by atoms with van der Waals surface area (Å²) in [7, 11) is 0. The smallest absolute Gasteiger partial charge is 0.320 e. The van der Waals surface area contributed by atoms with Crippen molar-refractivity contribution in [1.82, 2.24) is 4.90 Å². The van der Waals surface area contributed by atoms with Crippen molar-refractivity contribution in [1.29, 1.82) is 0 Å². The molecule has 0 saturated carbocycles. The lowest BCUT2D eigenvalue weighted by Crippen LogP contribution is -2.38. The van der Waals surface area contributed by atoms with E-state index >= 15 is 0 Å². The molecule has 2 rings (SSSR count). The molecule has 0 aliphatic carbocycles. The molecule has 0 atom stereocenters. The van der Waals surface area contributed by atoms with Crippen molar-refractivity contribution >= 4 is 11.8 Å². The van der Waals surface area contributed by atoms with Crippen molar-refractivity contribution in [3.05, 3.63) is 35.9 Å². The Hall–Kier alpha value is -1.68. The van der Waals surface area contributed by atoms with E-state index in [-0.39, 0.29) is 18.3 Å². The van der Waals surface area contributed by atoms with Crippen LogP contribution in [0.1, 0.15) is 18.4 Å². The summed E-state index contributed by atoms with van der Waals surface area (Å²) in [4.78, 5) is 24.6. The molecule has 1 aromatic rings. The van der Waals surface area contributed by atoms with Gasteiger partial charge in [0.05, 0.1) is 6.54 Å². The summed E-state index contributed by atoms with van der Waals surface area (Å²) in [6.07, 6.45) is 1.10. The standard InChI is InChI=1S/C14H17NO3/c16-13-6-8-15(9-7-13)10-14(17)18-11-12-4-2-1-3-5-12/h1-5H,6-11H2. The predicted octanol–water partition coefficient (Wildman–Crippen LogP) is 1.39. The third kappa shape index (κ3) is 3.96. The molecule has 0 bridgehead atoms. The molecule has 4 nitrogen and oxygen atoms in total. The maximum absolute atomic E-state index is 11.6. The van der Waals surface area contributed by atoms with Gasteiger partial charge in [-0.3, -0.25) is 14.5 Å². The van der Waals surface area contributed by atoms with E-state index < -0.39 is 0 Å². The molecule has 0 amide bonds. The molecule has 0 aromatic heterocycles. The molecular formula is C14H17NO3. The first-order valence-corrected chi connectivity index (χ1v) is 6.17. The van der Waals surface area contributed by atoms with E-state index in [0.29, 0.717) is 32.5 Å². The monoisotopic (exact) mass is 247 g/mol. The van der Waals surface area contributed by atoms with Crippen molar-refractivity contribution in [3.63, 3.8) is 0 Å². The summed E-state index contributed by atoms with van der Waals surface area (Å²) in [5, 5.41) is 0. The minimum atomic E-state index is -0.229. The fourth-order valence-corrected chi connectivity index (χ4v) is 1.93. The summed E-state index contributed by atoms with van der Waals surface area (Å²) in [6, 6.07) is 9.61. The number of carbonyl (C=O) groups excluding carboxylic acids is 2. The fourth-order valence-electron chi connectivity index (χ4n) is 1.93. The van der Waals surface area contributed by atoms with Gasteiger partial charge in [-0.15, -0.1) is 0 Å². The minimum Gasteiger partial charge on any atom is -0.460 e. The van der Waals surface area contributed by atoms with Gasteiger partial charge < -0.3 is 4.74 Å². The Balaban J connectivity index is 1.71. The average molecular weight is 247 g/mol. The number of nitrogens with zero attached hydrogens (tertiary/aromatic N) is 1. The summed E-state index contributed by atoms with van der Waals surface area (Å²) in [6.45, 7) is 1.92. The topological polar surface area (TPSA) is 46.6 Å². The van der Waals surface area contributed by atoms with Gasteiger partial charge in [-0.25, -0.2) is 0 Å². The molecule has 1 fully saturated rings. The van der Waals surface area contributed by atoms with Crippen molar-refractivity contribution in [2.24, 2.45) is 0 Å². The molecule has 0 unspecified atom stereocenters. The predicted molar refractivity (Wildman–Crippen MR) is 66.9 cm³/mol. The Morgan fingerprint density at radius 1 is 1.17 bits per heavy atom. The van der Waals surface area contributed by atoms with Crippen LogP contribution in [0, 0.1) is 0 Å². The number of piperidine rings is 1. The highest BCUT2D eigenvalue weighted by Gasteiger charge is 2.18. The SMILES string of the molecule is O=C1CCN(CC(=O)OCc2ccccc2)CC1. The number of hydrogen-bond acceptors (Lipinski definition) is 4. The second kappa shape index (κ2) is 6.31. The van der Waals surface area contributed by atoms with Crippen LogP contribution in [0.4, 0.5) is 0 Å². The van der Waals surface area contributed by atoms with E-state index in [9.17, 15) is 9.59 Å². The van der Waals surface area contributed by atoms with Crippen LogP contribution < -0.4 is 0 Å². The molecule has 1 aliphatic heterocycles. The van der Waals surface area contributed by atoms with Crippen LogP contribution in [0.3, 0.4) is 0 Å². The molecule has 0 radical (unpaired) electrons. The zero-order valence-electron chi connectivity index (χ0n) is 10.3. The highest BCUT2D eigenvalue weighted by Crippen LogP contribution is 2.06. The molecule has 0 N–H and O–H groups in total. The van der Waals surface area contributed by atoms with Gasteiger partial charge >= 0.3 is 5.97 Å². The zero-order chi connectivity index (χ0) is 12.8. The highest BCUT2D eigenvalue weighted by atomic mass is 16.5. The van der Waals surface area contributed by atoms with Gasteiger partial charge in [-0.05, 0) is 5.56 Å². The molecule has 0 spiro atoms. The van der Waals surface area contributed by atoms with Crippen LogP contribution >= 0.6 is 0 Å². The number of ether oxygens (including phenoxy) is 1. The van der Waals surface area contributed by atoms with Gasteiger partial charge in [0.2, 0.25) is 0 Å². The number of esters is 1. The first-order valence-electron chi connectivity index (χ1n) is 6.17. The molecular weight excluding hydrogens is 230 g/mol. The summed E-state index contributed by atoms with van der Waals surface area (Å²) < 4.78 is 5.19. The van der Waals surface area contributed by atoms with Crippen LogP contribution in [-0.4, -0.2) is 36.3 Å². The van der Waals surface area contributed by atoms with Crippen LogP contribution in [0.2, 0.25) is 0 Å². The Bertz CT molecular complexity index is 406. The lowest BCUT2D eigenvalue weighted by Gasteiger charge is -2.24.